The molecule has 1 aliphatic carbocycles. The van der Waals surface area contributed by atoms with Crippen LogP contribution in [0.25, 0.3) is 0 Å². The first-order valence-corrected chi connectivity index (χ1v) is 5.58. The third kappa shape index (κ3) is 2.33. The number of alkyl halides is 2. The molecule has 16 heavy (non-hydrogen) atoms. The summed E-state index contributed by atoms with van der Waals surface area (Å²) in [5, 5.41) is 0.383. The van der Waals surface area contributed by atoms with Crippen molar-refractivity contribution in [2.75, 3.05) is 0 Å². The summed E-state index contributed by atoms with van der Waals surface area (Å²) in [5.41, 5.74) is 6.24. The summed E-state index contributed by atoms with van der Waals surface area (Å²) in [7, 11) is 0. The summed E-state index contributed by atoms with van der Waals surface area (Å²) in [4.78, 5) is 3.93. The first-order chi connectivity index (χ1) is 7.41. The van der Waals surface area contributed by atoms with Crippen LogP contribution in [0, 0.1) is 0 Å². The normalized spacial score (nSPS) is 23.0. The Labute approximate surface area is 97.8 Å². The summed E-state index contributed by atoms with van der Waals surface area (Å²) in [5.74, 6) is -2.57. The van der Waals surface area contributed by atoms with Gasteiger partial charge in [0.15, 0.2) is 0 Å². The second-order valence-electron chi connectivity index (χ2n) is 4.38. The molecular formula is C11H13ClF2N2. The van der Waals surface area contributed by atoms with Gasteiger partial charge >= 0.3 is 0 Å². The highest BCUT2D eigenvalue weighted by Gasteiger charge is 2.42. The van der Waals surface area contributed by atoms with Crippen molar-refractivity contribution in [2.45, 2.75) is 37.1 Å². The van der Waals surface area contributed by atoms with E-state index >= 15 is 0 Å². The van der Waals surface area contributed by atoms with Gasteiger partial charge in [0.2, 0.25) is 5.92 Å². The second kappa shape index (κ2) is 3.93. The topological polar surface area (TPSA) is 38.9 Å². The largest absolute Gasteiger partial charge is 0.321 e. The van der Waals surface area contributed by atoms with Gasteiger partial charge in [0.1, 0.15) is 5.15 Å². The molecule has 0 amide bonds. The molecule has 1 aromatic heterocycles. The quantitative estimate of drug-likeness (QED) is 0.774. The molecule has 0 bridgehead atoms. The number of aromatic nitrogens is 1. The second-order valence-corrected chi connectivity index (χ2v) is 4.77. The van der Waals surface area contributed by atoms with Crippen LogP contribution in [0.4, 0.5) is 8.78 Å². The van der Waals surface area contributed by atoms with Gasteiger partial charge in [-0.25, -0.2) is 13.8 Å². The fourth-order valence-corrected chi connectivity index (χ4v) is 2.13. The Morgan fingerprint density at radius 2 is 1.81 bits per heavy atom. The van der Waals surface area contributed by atoms with Crippen molar-refractivity contribution >= 4 is 11.6 Å². The van der Waals surface area contributed by atoms with E-state index in [1.165, 1.54) is 0 Å². The van der Waals surface area contributed by atoms with Crippen molar-refractivity contribution in [3.63, 3.8) is 0 Å². The van der Waals surface area contributed by atoms with Gasteiger partial charge in [-0.1, -0.05) is 17.7 Å². The first-order valence-electron chi connectivity index (χ1n) is 5.20. The van der Waals surface area contributed by atoms with Gasteiger partial charge in [-0.2, -0.15) is 0 Å². The standard InChI is InChI=1S/C11H13ClF2N2/c12-9-2-1-8(7-16-9)10(15)3-5-11(13,14)6-4-10/h1-2,7H,3-6,15H2. The summed E-state index contributed by atoms with van der Waals surface area (Å²) in [6.07, 6.45) is 1.82. The van der Waals surface area contributed by atoms with Crippen LogP contribution < -0.4 is 5.73 Å². The smallest absolute Gasteiger partial charge is 0.248 e. The number of nitrogens with zero attached hydrogens (tertiary/aromatic N) is 1. The van der Waals surface area contributed by atoms with Crippen molar-refractivity contribution in [3.05, 3.63) is 29.0 Å². The molecule has 0 aromatic carbocycles. The van der Waals surface area contributed by atoms with Crippen LogP contribution >= 0.6 is 11.6 Å². The van der Waals surface area contributed by atoms with E-state index in [1.807, 2.05) is 0 Å². The highest BCUT2D eigenvalue weighted by molar-refractivity contribution is 6.29. The molecule has 1 saturated carbocycles. The Morgan fingerprint density at radius 1 is 1.19 bits per heavy atom. The van der Waals surface area contributed by atoms with Crippen LogP contribution in [0.5, 0.6) is 0 Å². The minimum atomic E-state index is -2.57. The molecule has 0 spiro atoms. The van der Waals surface area contributed by atoms with E-state index in [0.29, 0.717) is 5.15 Å². The molecule has 0 radical (unpaired) electrons. The molecule has 1 heterocycles. The lowest BCUT2D eigenvalue weighted by Gasteiger charge is -2.37. The minimum Gasteiger partial charge on any atom is -0.321 e. The van der Waals surface area contributed by atoms with Gasteiger partial charge in [-0.05, 0) is 24.5 Å². The Kier molecular flexibility index (Phi) is 2.88. The van der Waals surface area contributed by atoms with Crippen LogP contribution in [-0.4, -0.2) is 10.9 Å². The van der Waals surface area contributed by atoms with Crippen LogP contribution in [-0.2, 0) is 5.54 Å². The molecule has 1 aliphatic rings. The summed E-state index contributed by atoms with van der Waals surface area (Å²) < 4.78 is 26.1. The number of nitrogens with two attached hydrogens (primary N) is 1. The minimum absolute atomic E-state index is 0.161. The Balaban J connectivity index is 2.18. The molecule has 1 aromatic rings. The maximum Gasteiger partial charge on any atom is 0.248 e. The Morgan fingerprint density at radius 3 is 2.31 bits per heavy atom. The first kappa shape index (κ1) is 11.7. The number of hydrogen-bond donors (Lipinski definition) is 1. The van der Waals surface area contributed by atoms with Crippen molar-refractivity contribution in [2.24, 2.45) is 5.73 Å². The highest BCUT2D eigenvalue weighted by atomic mass is 35.5. The predicted molar refractivity (Wildman–Crippen MR) is 58.5 cm³/mol. The van der Waals surface area contributed by atoms with Crippen molar-refractivity contribution in [1.29, 1.82) is 0 Å². The third-order valence-electron chi connectivity index (χ3n) is 3.18. The molecule has 88 valence electrons. The number of halogens is 3. The van der Waals surface area contributed by atoms with E-state index in [-0.39, 0.29) is 25.7 Å². The van der Waals surface area contributed by atoms with Gasteiger partial charge in [-0.3, -0.25) is 0 Å². The molecule has 0 aliphatic heterocycles. The lowest BCUT2D eigenvalue weighted by atomic mass is 9.76. The van der Waals surface area contributed by atoms with E-state index in [4.69, 9.17) is 17.3 Å². The summed E-state index contributed by atoms with van der Waals surface area (Å²) >= 11 is 5.67. The van der Waals surface area contributed by atoms with Gasteiger partial charge in [-0.15, -0.1) is 0 Å². The molecule has 5 heteroatoms. The van der Waals surface area contributed by atoms with Crippen LogP contribution in [0.3, 0.4) is 0 Å². The average Bonchev–Trinajstić information content (AvgIpc) is 2.24. The van der Waals surface area contributed by atoms with Crippen molar-refractivity contribution < 1.29 is 8.78 Å². The van der Waals surface area contributed by atoms with Gasteiger partial charge < -0.3 is 5.73 Å². The predicted octanol–water partition coefficient (Wildman–Crippen LogP) is 3.10. The molecule has 0 saturated heterocycles. The monoisotopic (exact) mass is 246 g/mol. The van der Waals surface area contributed by atoms with E-state index < -0.39 is 11.5 Å². The maximum absolute atomic E-state index is 13.0. The van der Waals surface area contributed by atoms with Gasteiger partial charge in [0.25, 0.3) is 0 Å². The fraction of sp³-hybridized carbons (Fsp3) is 0.545. The molecule has 2 N–H and O–H groups in total. The lowest BCUT2D eigenvalue weighted by Crippen LogP contribution is -2.43. The van der Waals surface area contributed by atoms with Crippen LogP contribution in [0.15, 0.2) is 18.3 Å². The Bertz CT molecular complexity index is 368. The number of rotatable bonds is 1. The van der Waals surface area contributed by atoms with E-state index in [2.05, 4.69) is 4.98 Å². The summed E-state index contributed by atoms with van der Waals surface area (Å²) in [6, 6.07) is 3.40. The molecule has 0 unspecified atom stereocenters. The zero-order valence-corrected chi connectivity index (χ0v) is 9.47. The molecule has 1 fully saturated rings. The summed E-state index contributed by atoms with van der Waals surface area (Å²) in [6.45, 7) is 0. The zero-order valence-electron chi connectivity index (χ0n) is 8.72. The maximum atomic E-state index is 13.0. The lowest BCUT2D eigenvalue weighted by molar-refractivity contribution is -0.0514. The van der Waals surface area contributed by atoms with E-state index in [1.54, 1.807) is 18.3 Å². The third-order valence-corrected chi connectivity index (χ3v) is 3.40. The number of pyridine rings is 1. The molecule has 2 nitrogen and oxygen atoms in total. The highest BCUT2D eigenvalue weighted by Crippen LogP contribution is 2.42. The van der Waals surface area contributed by atoms with Crippen molar-refractivity contribution in [1.82, 2.24) is 4.98 Å². The van der Waals surface area contributed by atoms with Crippen molar-refractivity contribution in [3.8, 4) is 0 Å². The zero-order chi connectivity index (χ0) is 11.8. The van der Waals surface area contributed by atoms with Crippen LogP contribution in [0.1, 0.15) is 31.2 Å². The van der Waals surface area contributed by atoms with Gasteiger partial charge in [0, 0.05) is 24.6 Å². The SMILES string of the molecule is NC1(c2ccc(Cl)nc2)CCC(F)(F)CC1. The molecule has 2 rings (SSSR count). The average molecular weight is 247 g/mol. The molecular weight excluding hydrogens is 234 g/mol. The Hall–Kier alpha value is -0.740. The fourth-order valence-electron chi connectivity index (χ4n) is 2.02. The van der Waals surface area contributed by atoms with Crippen LogP contribution in [0.2, 0.25) is 5.15 Å². The van der Waals surface area contributed by atoms with E-state index in [9.17, 15) is 8.78 Å². The number of hydrogen-bond acceptors (Lipinski definition) is 2. The molecule has 0 atom stereocenters. The van der Waals surface area contributed by atoms with E-state index in [0.717, 1.165) is 5.56 Å². The van der Waals surface area contributed by atoms with Gasteiger partial charge in [0.05, 0.1) is 0 Å².